The van der Waals surface area contributed by atoms with Crippen LogP contribution < -0.4 is 0 Å². The van der Waals surface area contributed by atoms with E-state index in [4.69, 9.17) is 0 Å². The number of aromatic amines is 1. The lowest BCUT2D eigenvalue weighted by Crippen LogP contribution is -1.95. The molecule has 0 aliphatic heterocycles. The predicted octanol–water partition coefficient (Wildman–Crippen LogP) is 10.8. The van der Waals surface area contributed by atoms with Gasteiger partial charge in [-0.3, -0.25) is 0 Å². The Morgan fingerprint density at radius 2 is 1.05 bits per heavy atom. The summed E-state index contributed by atoms with van der Waals surface area (Å²) >= 11 is 0. The maximum absolute atomic E-state index is 3.77. The van der Waals surface area contributed by atoms with Crippen LogP contribution in [-0.4, -0.2) is 9.55 Å². The first-order valence-corrected chi connectivity index (χ1v) is 14.0. The van der Waals surface area contributed by atoms with E-state index >= 15 is 0 Å². The quantitative estimate of drug-likeness (QED) is 0.242. The Bertz CT molecular complexity index is 2100. The number of aromatic nitrogens is 2. The van der Waals surface area contributed by atoms with Gasteiger partial charge in [0.2, 0.25) is 0 Å². The van der Waals surface area contributed by atoms with Crippen LogP contribution in [0.1, 0.15) is 13.8 Å². The van der Waals surface area contributed by atoms with Crippen molar-refractivity contribution in [2.24, 2.45) is 0 Å². The van der Waals surface area contributed by atoms with Crippen LogP contribution >= 0.6 is 0 Å². The van der Waals surface area contributed by atoms with Crippen molar-refractivity contribution in [2.45, 2.75) is 13.8 Å². The lowest BCUT2D eigenvalue weighted by Gasteiger charge is -2.12. The summed E-state index contributed by atoms with van der Waals surface area (Å²) in [6.45, 7) is 4.00. The number of hydrogen-bond acceptors (Lipinski definition) is 0. The van der Waals surface area contributed by atoms with Crippen molar-refractivity contribution < 1.29 is 0 Å². The second-order valence-corrected chi connectivity index (χ2v) is 9.91. The highest BCUT2D eigenvalue weighted by atomic mass is 15.0. The number of nitrogens with zero attached hydrogens (tertiary/aromatic N) is 1. The van der Waals surface area contributed by atoms with Crippen LogP contribution in [0.4, 0.5) is 0 Å². The zero-order valence-electron chi connectivity index (χ0n) is 22.7. The van der Waals surface area contributed by atoms with Crippen molar-refractivity contribution in [2.75, 3.05) is 0 Å². The molecule has 8 rings (SSSR count). The molecule has 8 aromatic rings. The summed E-state index contributed by atoms with van der Waals surface area (Å²) in [6.07, 6.45) is 0. The van der Waals surface area contributed by atoms with Gasteiger partial charge in [0.1, 0.15) is 0 Å². The Labute approximate surface area is 234 Å². The molecule has 0 atom stereocenters. The molecule has 0 bridgehead atoms. The summed E-state index contributed by atoms with van der Waals surface area (Å²) < 4.78 is 2.45. The SMILES string of the molecule is CC.c1ccc(-c2ccc(-n3c4c5ccccc5ccc4c4[nH]c5ccc(-c6ccccc6)cc5c43)cc2)cc1. The molecule has 6 aromatic carbocycles. The average Bonchev–Trinajstić information content (AvgIpc) is 3.57. The summed E-state index contributed by atoms with van der Waals surface area (Å²) in [5.41, 5.74) is 10.8. The number of H-pyrrole nitrogens is 1. The summed E-state index contributed by atoms with van der Waals surface area (Å²) in [4.78, 5) is 3.77. The Kier molecular flexibility index (Phi) is 5.94. The molecular formula is C38H30N2. The third-order valence-electron chi connectivity index (χ3n) is 7.73. The summed E-state index contributed by atoms with van der Waals surface area (Å²) in [6, 6.07) is 50.1. The van der Waals surface area contributed by atoms with Crippen LogP contribution in [0.15, 0.2) is 140 Å². The van der Waals surface area contributed by atoms with Crippen molar-refractivity contribution in [3.63, 3.8) is 0 Å². The first kappa shape index (κ1) is 24.0. The second-order valence-electron chi connectivity index (χ2n) is 9.91. The smallest absolute Gasteiger partial charge is 0.0798 e. The molecule has 0 aliphatic rings. The topological polar surface area (TPSA) is 20.7 Å². The number of nitrogens with one attached hydrogen (secondary N) is 1. The van der Waals surface area contributed by atoms with Gasteiger partial charge in [-0.1, -0.05) is 129 Å². The van der Waals surface area contributed by atoms with Gasteiger partial charge in [0.15, 0.2) is 0 Å². The maximum atomic E-state index is 3.77. The standard InChI is InChI=1S/C36H24N2.C2H6/c1-3-9-24(10-4-1)26-15-19-29(20-16-26)38-35-30-14-8-7-13-27(30)17-21-31(35)34-36(38)32-23-28(18-22-33(32)37-34)25-11-5-2-6-12-25;1-2/h1-23,37H;1-2H3. The highest BCUT2D eigenvalue weighted by Gasteiger charge is 2.19. The Morgan fingerprint density at radius 1 is 0.450 bits per heavy atom. The maximum Gasteiger partial charge on any atom is 0.0798 e. The predicted molar refractivity (Wildman–Crippen MR) is 172 cm³/mol. The summed E-state index contributed by atoms with van der Waals surface area (Å²) in [5.74, 6) is 0. The van der Waals surface area contributed by atoms with E-state index in [1.807, 2.05) is 13.8 Å². The molecule has 2 aromatic heterocycles. The molecule has 0 aliphatic carbocycles. The Balaban J connectivity index is 0.00000130. The summed E-state index contributed by atoms with van der Waals surface area (Å²) in [5, 5.41) is 4.97. The van der Waals surface area contributed by atoms with E-state index in [9.17, 15) is 0 Å². The van der Waals surface area contributed by atoms with Crippen LogP contribution in [0.5, 0.6) is 0 Å². The molecule has 2 nitrogen and oxygen atoms in total. The van der Waals surface area contributed by atoms with Gasteiger partial charge in [-0.15, -0.1) is 0 Å². The first-order chi connectivity index (χ1) is 19.8. The molecule has 40 heavy (non-hydrogen) atoms. The molecule has 192 valence electrons. The van der Waals surface area contributed by atoms with E-state index in [0.717, 1.165) is 11.2 Å². The highest BCUT2D eigenvalue weighted by molar-refractivity contribution is 6.23. The summed E-state index contributed by atoms with van der Waals surface area (Å²) in [7, 11) is 0. The normalized spacial score (nSPS) is 11.2. The van der Waals surface area contributed by atoms with Crippen molar-refractivity contribution in [1.29, 1.82) is 0 Å². The van der Waals surface area contributed by atoms with E-state index in [-0.39, 0.29) is 0 Å². The zero-order valence-corrected chi connectivity index (χ0v) is 22.7. The largest absolute Gasteiger partial charge is 0.353 e. The van der Waals surface area contributed by atoms with Crippen molar-refractivity contribution in [3.8, 4) is 27.9 Å². The Morgan fingerprint density at radius 3 is 1.77 bits per heavy atom. The molecular weight excluding hydrogens is 484 g/mol. The van der Waals surface area contributed by atoms with E-state index in [0.29, 0.717) is 0 Å². The van der Waals surface area contributed by atoms with E-state index in [2.05, 4.69) is 149 Å². The van der Waals surface area contributed by atoms with E-state index < -0.39 is 0 Å². The molecule has 0 radical (unpaired) electrons. The van der Waals surface area contributed by atoms with Gasteiger partial charge >= 0.3 is 0 Å². The van der Waals surface area contributed by atoms with Crippen molar-refractivity contribution in [1.82, 2.24) is 9.55 Å². The monoisotopic (exact) mass is 514 g/mol. The number of fused-ring (bicyclic) bond motifs is 7. The average molecular weight is 515 g/mol. The first-order valence-electron chi connectivity index (χ1n) is 14.0. The Hall–Kier alpha value is -5.08. The zero-order chi connectivity index (χ0) is 27.1. The van der Waals surface area contributed by atoms with Crippen LogP contribution in [0.3, 0.4) is 0 Å². The van der Waals surface area contributed by atoms with Crippen LogP contribution in [-0.2, 0) is 0 Å². The van der Waals surface area contributed by atoms with E-state index in [1.165, 1.54) is 60.3 Å². The van der Waals surface area contributed by atoms with Crippen molar-refractivity contribution >= 4 is 43.6 Å². The van der Waals surface area contributed by atoms with Crippen LogP contribution in [0, 0.1) is 0 Å². The van der Waals surface area contributed by atoms with Gasteiger partial charge in [-0.2, -0.15) is 0 Å². The minimum Gasteiger partial charge on any atom is -0.353 e. The molecule has 0 saturated heterocycles. The van der Waals surface area contributed by atoms with Crippen molar-refractivity contribution in [3.05, 3.63) is 140 Å². The third kappa shape index (κ3) is 3.80. The van der Waals surface area contributed by atoms with Gasteiger partial charge in [0.25, 0.3) is 0 Å². The van der Waals surface area contributed by atoms with Crippen LogP contribution in [0.25, 0.3) is 71.6 Å². The minimum atomic E-state index is 1.15. The number of rotatable bonds is 3. The van der Waals surface area contributed by atoms with Gasteiger partial charge in [0, 0.05) is 27.4 Å². The number of benzene rings is 6. The fraction of sp³-hybridized carbons (Fsp3) is 0.0526. The second kappa shape index (κ2) is 9.91. The van der Waals surface area contributed by atoms with Gasteiger partial charge < -0.3 is 9.55 Å². The lowest BCUT2D eigenvalue weighted by molar-refractivity contribution is 1.19. The molecule has 0 saturated carbocycles. The molecule has 1 N–H and O–H groups in total. The third-order valence-corrected chi connectivity index (χ3v) is 7.73. The minimum absolute atomic E-state index is 1.15. The highest BCUT2D eigenvalue weighted by Crippen LogP contribution is 2.41. The molecule has 0 unspecified atom stereocenters. The fourth-order valence-electron chi connectivity index (χ4n) is 5.92. The fourth-order valence-corrected chi connectivity index (χ4v) is 5.92. The van der Waals surface area contributed by atoms with Gasteiger partial charge in [-0.05, 0) is 51.9 Å². The molecule has 0 amide bonds. The van der Waals surface area contributed by atoms with E-state index in [1.54, 1.807) is 0 Å². The molecule has 2 heteroatoms. The number of hydrogen-bond donors (Lipinski definition) is 1. The van der Waals surface area contributed by atoms with Crippen LogP contribution in [0.2, 0.25) is 0 Å². The molecule has 0 fully saturated rings. The lowest BCUT2D eigenvalue weighted by atomic mass is 10.0. The van der Waals surface area contributed by atoms with Gasteiger partial charge in [0.05, 0.1) is 16.6 Å². The van der Waals surface area contributed by atoms with Gasteiger partial charge in [-0.25, -0.2) is 0 Å². The molecule has 0 spiro atoms. The molecule has 2 heterocycles.